The summed E-state index contributed by atoms with van der Waals surface area (Å²) in [6, 6.07) is 14.7. The van der Waals surface area contributed by atoms with Gasteiger partial charge in [0.15, 0.2) is 0 Å². The maximum absolute atomic E-state index is 16.0. The Morgan fingerprint density at radius 3 is 2.40 bits per heavy atom. The number of aliphatic carboxylic acids is 1. The summed E-state index contributed by atoms with van der Waals surface area (Å²) >= 11 is 12.3. The van der Waals surface area contributed by atoms with E-state index in [1.807, 2.05) is 45.0 Å². The minimum atomic E-state index is -1.23. The number of benzene rings is 3. The Labute approximate surface area is 243 Å². The molecule has 4 atom stereocenters. The molecule has 0 saturated carbocycles. The first-order valence-electron chi connectivity index (χ1n) is 13.1. The molecule has 5 nitrogen and oxygen atoms in total. The van der Waals surface area contributed by atoms with E-state index in [2.05, 4.69) is 10.6 Å². The molecule has 0 spiro atoms. The molecule has 0 aliphatic carbocycles. The number of ether oxygens (including phenoxy) is 1. The second kappa shape index (κ2) is 12.0. The zero-order chi connectivity index (χ0) is 29.2. The number of carboxylic acids is 1. The molecular weight excluding hydrogens is 557 g/mol. The summed E-state index contributed by atoms with van der Waals surface area (Å²) < 4.78 is 36.9. The number of nitrogens with one attached hydrogen (secondary N) is 2. The van der Waals surface area contributed by atoms with Gasteiger partial charge in [-0.1, -0.05) is 74.3 Å². The molecule has 1 saturated heterocycles. The van der Waals surface area contributed by atoms with Crippen LogP contribution in [-0.2, 0) is 16.8 Å². The van der Waals surface area contributed by atoms with E-state index in [1.54, 1.807) is 25.3 Å². The molecular formula is C31H34Cl2F2N2O3. The van der Waals surface area contributed by atoms with Crippen molar-refractivity contribution in [2.24, 2.45) is 5.41 Å². The molecule has 0 amide bonds. The maximum Gasteiger partial charge on any atom is 0.321 e. The third-order valence-corrected chi connectivity index (χ3v) is 8.16. The van der Waals surface area contributed by atoms with Crippen molar-refractivity contribution in [3.63, 3.8) is 0 Å². The quantitative estimate of drug-likeness (QED) is 0.251. The Kier molecular flexibility index (Phi) is 9.10. The van der Waals surface area contributed by atoms with Crippen molar-refractivity contribution in [1.29, 1.82) is 0 Å². The fraction of sp³-hybridized carbons (Fsp3) is 0.387. The van der Waals surface area contributed by atoms with Gasteiger partial charge in [0.2, 0.25) is 0 Å². The van der Waals surface area contributed by atoms with Crippen LogP contribution in [0.25, 0.3) is 0 Å². The molecule has 3 N–H and O–H groups in total. The zero-order valence-corrected chi connectivity index (χ0v) is 24.4. The Morgan fingerprint density at radius 1 is 1.10 bits per heavy atom. The Hall–Kier alpha value is -2.71. The van der Waals surface area contributed by atoms with Gasteiger partial charge in [-0.05, 0) is 58.9 Å². The number of methoxy groups -OCH3 is 1. The van der Waals surface area contributed by atoms with E-state index in [4.69, 9.17) is 27.9 Å². The predicted molar refractivity (Wildman–Crippen MR) is 154 cm³/mol. The Morgan fingerprint density at radius 2 is 1.80 bits per heavy atom. The molecule has 0 radical (unpaired) electrons. The van der Waals surface area contributed by atoms with Gasteiger partial charge in [0.05, 0.1) is 12.1 Å². The second-order valence-electron chi connectivity index (χ2n) is 11.5. The molecule has 0 unspecified atom stereocenters. The number of halogens is 4. The van der Waals surface area contributed by atoms with Crippen molar-refractivity contribution in [3.8, 4) is 5.75 Å². The number of carbonyl (C=O) groups is 1. The normalized spacial score (nSPS) is 22.9. The van der Waals surface area contributed by atoms with E-state index in [0.29, 0.717) is 13.0 Å². The SMILES string of the molecule is COc1ccc(CNC[C@]2(c3ccc(Cl)cc3F)[C@H](c3cccc(Cl)c3F)[C@@H](C(=O)O)N[C@@H]2CC(C)(C)C)cc1. The molecule has 1 aliphatic heterocycles. The fourth-order valence-electron chi connectivity index (χ4n) is 5.97. The third-order valence-electron chi connectivity index (χ3n) is 7.63. The second-order valence-corrected chi connectivity index (χ2v) is 12.4. The van der Waals surface area contributed by atoms with Crippen LogP contribution in [0.3, 0.4) is 0 Å². The van der Waals surface area contributed by atoms with Crippen LogP contribution < -0.4 is 15.4 Å². The minimum Gasteiger partial charge on any atom is -0.497 e. The topological polar surface area (TPSA) is 70.6 Å². The molecule has 40 heavy (non-hydrogen) atoms. The van der Waals surface area contributed by atoms with Gasteiger partial charge >= 0.3 is 5.97 Å². The number of hydrogen-bond donors (Lipinski definition) is 3. The van der Waals surface area contributed by atoms with E-state index in [0.717, 1.165) is 11.3 Å². The molecule has 4 rings (SSSR count). The molecule has 3 aromatic rings. The highest BCUT2D eigenvalue weighted by Crippen LogP contribution is 2.52. The molecule has 9 heteroatoms. The van der Waals surface area contributed by atoms with Crippen molar-refractivity contribution in [3.05, 3.63) is 99.0 Å². The van der Waals surface area contributed by atoms with Crippen molar-refractivity contribution in [2.75, 3.05) is 13.7 Å². The molecule has 0 bridgehead atoms. The zero-order valence-electron chi connectivity index (χ0n) is 22.9. The van der Waals surface area contributed by atoms with Crippen LogP contribution >= 0.6 is 23.2 Å². The third kappa shape index (κ3) is 6.13. The summed E-state index contributed by atoms with van der Waals surface area (Å²) in [4.78, 5) is 12.7. The number of hydrogen-bond acceptors (Lipinski definition) is 4. The summed E-state index contributed by atoms with van der Waals surface area (Å²) in [5, 5.41) is 17.2. The lowest BCUT2D eigenvalue weighted by molar-refractivity contribution is -0.139. The minimum absolute atomic E-state index is 0.115. The van der Waals surface area contributed by atoms with Crippen LogP contribution in [0, 0.1) is 17.0 Å². The van der Waals surface area contributed by atoms with E-state index in [9.17, 15) is 9.90 Å². The van der Waals surface area contributed by atoms with Crippen LogP contribution in [0.5, 0.6) is 5.75 Å². The van der Waals surface area contributed by atoms with Gasteiger partial charge in [0.25, 0.3) is 0 Å². The molecule has 1 aliphatic rings. The lowest BCUT2D eigenvalue weighted by Crippen LogP contribution is -2.51. The lowest BCUT2D eigenvalue weighted by atomic mass is 9.61. The largest absolute Gasteiger partial charge is 0.497 e. The highest BCUT2D eigenvalue weighted by Gasteiger charge is 2.60. The van der Waals surface area contributed by atoms with E-state index >= 15 is 8.78 Å². The van der Waals surface area contributed by atoms with E-state index in [1.165, 1.54) is 18.2 Å². The van der Waals surface area contributed by atoms with Gasteiger partial charge in [-0.15, -0.1) is 0 Å². The van der Waals surface area contributed by atoms with Crippen LogP contribution in [-0.4, -0.2) is 36.8 Å². The first kappa shape index (κ1) is 30.3. The van der Waals surface area contributed by atoms with E-state index < -0.39 is 41.0 Å². The van der Waals surface area contributed by atoms with Crippen molar-refractivity contribution in [2.45, 2.75) is 57.2 Å². The summed E-state index contributed by atoms with van der Waals surface area (Å²) in [5.41, 5.74) is -0.181. The summed E-state index contributed by atoms with van der Waals surface area (Å²) in [6.45, 7) is 6.65. The van der Waals surface area contributed by atoms with E-state index in [-0.39, 0.29) is 33.1 Å². The molecule has 0 aromatic heterocycles. The maximum atomic E-state index is 16.0. The van der Waals surface area contributed by atoms with Gasteiger partial charge in [-0.25, -0.2) is 8.78 Å². The number of rotatable bonds is 9. The fourth-order valence-corrected chi connectivity index (χ4v) is 6.31. The highest BCUT2D eigenvalue weighted by molar-refractivity contribution is 6.31. The van der Waals surface area contributed by atoms with Crippen molar-refractivity contribution < 1.29 is 23.4 Å². The Balaban J connectivity index is 1.92. The summed E-state index contributed by atoms with van der Waals surface area (Å²) in [6.07, 6.45) is 0.488. The van der Waals surface area contributed by atoms with Crippen LogP contribution in [0.15, 0.2) is 60.7 Å². The van der Waals surface area contributed by atoms with Crippen LogP contribution in [0.2, 0.25) is 10.0 Å². The highest BCUT2D eigenvalue weighted by atomic mass is 35.5. The summed E-state index contributed by atoms with van der Waals surface area (Å²) in [5.74, 6) is -2.75. The van der Waals surface area contributed by atoms with Gasteiger partial charge in [0, 0.05) is 35.5 Å². The van der Waals surface area contributed by atoms with Crippen molar-refractivity contribution in [1.82, 2.24) is 10.6 Å². The predicted octanol–water partition coefficient (Wildman–Crippen LogP) is 6.95. The smallest absolute Gasteiger partial charge is 0.321 e. The molecule has 3 aromatic carbocycles. The van der Waals surface area contributed by atoms with Crippen molar-refractivity contribution >= 4 is 29.2 Å². The molecule has 214 valence electrons. The molecule has 1 heterocycles. The molecule has 1 fully saturated rings. The van der Waals surface area contributed by atoms with Crippen LogP contribution in [0.1, 0.15) is 49.8 Å². The Bertz CT molecular complexity index is 1360. The van der Waals surface area contributed by atoms with Gasteiger partial charge < -0.3 is 20.5 Å². The monoisotopic (exact) mass is 590 g/mol. The first-order valence-corrected chi connectivity index (χ1v) is 13.8. The standard InChI is InChI=1S/C31H34Cl2F2N2O3/c1-30(2,3)15-25-31(22-13-10-19(32)14-24(22)34,17-36-16-18-8-11-20(40-4)12-9-18)26(28(37-25)29(38)39)21-6-5-7-23(33)27(21)35/h5-14,25-26,28,36-37H,15-17H2,1-4H3,(H,38,39)/t25-,26-,28+,31-/m1/s1. The average Bonchev–Trinajstić information content (AvgIpc) is 3.19. The lowest BCUT2D eigenvalue weighted by Gasteiger charge is -2.43. The first-order chi connectivity index (χ1) is 18.9. The van der Waals surface area contributed by atoms with Gasteiger partial charge in [-0.2, -0.15) is 0 Å². The number of carboxylic acid groups (broad SMARTS) is 1. The van der Waals surface area contributed by atoms with Gasteiger partial charge in [0.1, 0.15) is 23.4 Å². The average molecular weight is 592 g/mol. The van der Waals surface area contributed by atoms with Gasteiger partial charge in [-0.3, -0.25) is 4.79 Å². The van der Waals surface area contributed by atoms with Crippen LogP contribution in [0.4, 0.5) is 8.78 Å². The summed E-state index contributed by atoms with van der Waals surface area (Å²) in [7, 11) is 1.59.